The van der Waals surface area contributed by atoms with Crippen molar-refractivity contribution in [3.8, 4) is 0 Å². The van der Waals surface area contributed by atoms with Gasteiger partial charge in [0.05, 0.1) is 0 Å². The number of nitrogens with one attached hydrogen (secondary N) is 1. The number of nitrogens with zero attached hydrogens (tertiary/aromatic N) is 2. The lowest BCUT2D eigenvalue weighted by Crippen LogP contribution is -2.07. The van der Waals surface area contributed by atoms with Crippen LogP contribution in [0, 0.1) is 17.6 Å². The van der Waals surface area contributed by atoms with Gasteiger partial charge in [0, 0.05) is 19.8 Å². The Morgan fingerprint density at radius 2 is 2.57 bits per heavy atom. The van der Waals surface area contributed by atoms with E-state index in [0.717, 1.165) is 36.8 Å². The summed E-state index contributed by atoms with van der Waals surface area (Å²) in [7, 11) is 0. The van der Waals surface area contributed by atoms with E-state index < -0.39 is 0 Å². The predicted octanol–water partition coefficient (Wildman–Crippen LogP) is 1.68. The van der Waals surface area contributed by atoms with Crippen LogP contribution in [0.1, 0.15) is 18.7 Å². The summed E-state index contributed by atoms with van der Waals surface area (Å²) < 4.78 is 8.10. The molecule has 1 fully saturated rings. The molecule has 0 aliphatic carbocycles. The minimum Gasteiger partial charge on any atom is -0.381 e. The third-order valence-electron chi connectivity index (χ3n) is 2.73. The van der Waals surface area contributed by atoms with Crippen molar-refractivity contribution < 1.29 is 4.74 Å². The van der Waals surface area contributed by atoms with Crippen LogP contribution >= 0.6 is 12.2 Å². The van der Waals surface area contributed by atoms with Gasteiger partial charge in [0.2, 0.25) is 0 Å². The van der Waals surface area contributed by atoms with Gasteiger partial charge in [-0.15, -0.1) is 0 Å². The second-order valence-corrected chi connectivity index (χ2v) is 4.13. The van der Waals surface area contributed by atoms with E-state index in [1.807, 2.05) is 11.5 Å². The Kier molecular flexibility index (Phi) is 2.98. The highest BCUT2D eigenvalue weighted by Gasteiger charge is 2.15. The Morgan fingerprint density at radius 3 is 3.14 bits per heavy atom. The van der Waals surface area contributed by atoms with E-state index in [9.17, 15) is 0 Å². The lowest BCUT2D eigenvalue weighted by molar-refractivity contribution is 0.183. The first-order chi connectivity index (χ1) is 6.77. The molecule has 0 radical (unpaired) electrons. The number of hydrogen-bond acceptors (Lipinski definition) is 3. The minimum absolute atomic E-state index is 0.700. The fourth-order valence-electron chi connectivity index (χ4n) is 1.78. The number of H-pyrrole nitrogens is 1. The fraction of sp³-hybridized carbons (Fsp3) is 0.778. The first kappa shape index (κ1) is 9.86. The lowest BCUT2D eigenvalue weighted by atomic mass is 10.1. The molecule has 5 heteroatoms. The van der Waals surface area contributed by atoms with Gasteiger partial charge in [0.25, 0.3) is 0 Å². The summed E-state index contributed by atoms with van der Waals surface area (Å²) in [5.74, 6) is 1.67. The highest BCUT2D eigenvalue weighted by molar-refractivity contribution is 7.71. The Balaban J connectivity index is 1.94. The highest BCUT2D eigenvalue weighted by Crippen LogP contribution is 2.17. The molecule has 1 aliphatic heterocycles. The van der Waals surface area contributed by atoms with Crippen LogP contribution in [0.4, 0.5) is 0 Å². The van der Waals surface area contributed by atoms with Crippen LogP contribution in [-0.4, -0.2) is 28.0 Å². The Labute approximate surface area is 88.3 Å². The van der Waals surface area contributed by atoms with Crippen molar-refractivity contribution in [2.24, 2.45) is 5.92 Å². The van der Waals surface area contributed by atoms with Crippen molar-refractivity contribution >= 4 is 12.2 Å². The van der Waals surface area contributed by atoms with Crippen LogP contribution in [0.25, 0.3) is 0 Å². The van der Waals surface area contributed by atoms with Crippen molar-refractivity contribution in [3.05, 3.63) is 10.6 Å². The molecule has 1 aromatic heterocycles. The van der Waals surface area contributed by atoms with Crippen LogP contribution in [0.3, 0.4) is 0 Å². The predicted molar refractivity (Wildman–Crippen MR) is 55.7 cm³/mol. The molecule has 0 saturated carbocycles. The molecule has 2 rings (SSSR count). The molecular formula is C9H15N3OS. The zero-order valence-electron chi connectivity index (χ0n) is 8.32. The molecule has 1 saturated heterocycles. The quantitative estimate of drug-likeness (QED) is 0.777. The number of rotatable bonds is 3. The standard InChI is InChI=1S/C9H15N3OS/c1-7-10-11-9(14)12(7)4-2-8-3-5-13-6-8/h8H,2-6H2,1H3,(H,11,14). The van der Waals surface area contributed by atoms with Crippen LogP contribution in [0.15, 0.2) is 0 Å². The molecule has 1 aromatic rings. The van der Waals surface area contributed by atoms with E-state index in [2.05, 4.69) is 10.2 Å². The molecule has 1 atom stereocenters. The van der Waals surface area contributed by atoms with E-state index in [1.54, 1.807) is 0 Å². The van der Waals surface area contributed by atoms with Gasteiger partial charge in [-0.3, -0.25) is 5.10 Å². The van der Waals surface area contributed by atoms with Gasteiger partial charge in [0.15, 0.2) is 4.77 Å². The smallest absolute Gasteiger partial charge is 0.195 e. The van der Waals surface area contributed by atoms with Gasteiger partial charge in [-0.25, -0.2) is 0 Å². The largest absolute Gasteiger partial charge is 0.381 e. The summed E-state index contributed by atoms with van der Waals surface area (Å²) in [4.78, 5) is 0. The highest BCUT2D eigenvalue weighted by atomic mass is 32.1. The second kappa shape index (κ2) is 4.23. The van der Waals surface area contributed by atoms with Gasteiger partial charge in [-0.2, -0.15) is 5.10 Å². The lowest BCUT2D eigenvalue weighted by Gasteiger charge is -2.08. The molecule has 0 spiro atoms. The Morgan fingerprint density at radius 1 is 1.71 bits per heavy atom. The van der Waals surface area contributed by atoms with E-state index in [0.29, 0.717) is 5.92 Å². The first-order valence-electron chi connectivity index (χ1n) is 4.97. The van der Waals surface area contributed by atoms with Crippen molar-refractivity contribution in [3.63, 3.8) is 0 Å². The summed E-state index contributed by atoms with van der Waals surface area (Å²) in [6, 6.07) is 0. The van der Waals surface area contributed by atoms with Crippen LogP contribution < -0.4 is 0 Å². The van der Waals surface area contributed by atoms with Gasteiger partial charge in [0.1, 0.15) is 5.82 Å². The third-order valence-corrected chi connectivity index (χ3v) is 3.05. The Hall–Kier alpha value is -0.680. The summed E-state index contributed by atoms with van der Waals surface area (Å²) in [5, 5.41) is 6.87. The zero-order valence-corrected chi connectivity index (χ0v) is 9.14. The maximum atomic E-state index is 5.33. The van der Waals surface area contributed by atoms with Crippen LogP contribution in [-0.2, 0) is 11.3 Å². The summed E-state index contributed by atoms with van der Waals surface area (Å²) in [6.07, 6.45) is 2.32. The number of ether oxygens (including phenoxy) is 1. The molecule has 1 aliphatic rings. The molecule has 2 heterocycles. The molecule has 0 aromatic carbocycles. The fourth-order valence-corrected chi connectivity index (χ4v) is 2.05. The second-order valence-electron chi connectivity index (χ2n) is 3.75. The summed E-state index contributed by atoms with van der Waals surface area (Å²) in [5.41, 5.74) is 0. The van der Waals surface area contributed by atoms with E-state index >= 15 is 0 Å². The average molecular weight is 213 g/mol. The minimum atomic E-state index is 0.700. The number of aromatic nitrogens is 3. The molecule has 0 amide bonds. The van der Waals surface area contributed by atoms with Gasteiger partial charge < -0.3 is 9.30 Å². The van der Waals surface area contributed by atoms with Crippen molar-refractivity contribution in [1.82, 2.24) is 14.8 Å². The van der Waals surface area contributed by atoms with Crippen molar-refractivity contribution in [2.45, 2.75) is 26.3 Å². The van der Waals surface area contributed by atoms with E-state index in [1.165, 1.54) is 6.42 Å². The van der Waals surface area contributed by atoms with E-state index in [-0.39, 0.29) is 0 Å². The van der Waals surface area contributed by atoms with Gasteiger partial charge in [-0.05, 0) is 37.9 Å². The zero-order chi connectivity index (χ0) is 9.97. The number of aryl methyl sites for hydroxylation is 1. The first-order valence-corrected chi connectivity index (χ1v) is 5.38. The van der Waals surface area contributed by atoms with Crippen molar-refractivity contribution in [1.29, 1.82) is 0 Å². The number of hydrogen-bond donors (Lipinski definition) is 1. The van der Waals surface area contributed by atoms with Gasteiger partial charge >= 0.3 is 0 Å². The van der Waals surface area contributed by atoms with E-state index in [4.69, 9.17) is 17.0 Å². The normalized spacial score (nSPS) is 21.6. The van der Waals surface area contributed by atoms with Gasteiger partial charge in [-0.1, -0.05) is 0 Å². The van der Waals surface area contributed by atoms with Crippen LogP contribution in [0.2, 0.25) is 0 Å². The van der Waals surface area contributed by atoms with Crippen LogP contribution in [0.5, 0.6) is 0 Å². The molecule has 78 valence electrons. The van der Waals surface area contributed by atoms with Crippen molar-refractivity contribution in [2.75, 3.05) is 13.2 Å². The third kappa shape index (κ3) is 2.04. The molecule has 1 unspecified atom stereocenters. The molecule has 14 heavy (non-hydrogen) atoms. The maximum absolute atomic E-state index is 5.33. The summed E-state index contributed by atoms with van der Waals surface area (Å²) in [6.45, 7) is 4.75. The topological polar surface area (TPSA) is 42.8 Å². The average Bonchev–Trinajstić information content (AvgIpc) is 2.76. The molecule has 0 bridgehead atoms. The molecule has 1 N–H and O–H groups in total. The maximum Gasteiger partial charge on any atom is 0.195 e. The number of aromatic amines is 1. The summed E-state index contributed by atoms with van der Waals surface area (Å²) >= 11 is 5.13. The Bertz CT molecular complexity index is 351. The molecular weight excluding hydrogens is 198 g/mol. The monoisotopic (exact) mass is 213 g/mol. The SMILES string of the molecule is Cc1n[nH]c(=S)n1CCC1CCOC1. The molecule has 4 nitrogen and oxygen atoms in total.